The fraction of sp³-hybridized carbons (Fsp3) is 0.500. The van der Waals surface area contributed by atoms with Crippen LogP contribution in [0.2, 0.25) is 0 Å². The second kappa shape index (κ2) is 5.71. The molecule has 1 saturated carbocycles. The predicted octanol–water partition coefficient (Wildman–Crippen LogP) is 4.37. The monoisotopic (exact) mass is 239 g/mol. The molecule has 0 aromatic heterocycles. The highest BCUT2D eigenvalue weighted by Crippen LogP contribution is 2.25. The summed E-state index contributed by atoms with van der Waals surface area (Å²) < 4.78 is 0. The van der Waals surface area contributed by atoms with Crippen molar-refractivity contribution in [3.8, 4) is 0 Å². The number of hydrogen-bond acceptors (Lipinski definition) is 3. The molecule has 82 valence electrons. The van der Waals surface area contributed by atoms with E-state index in [2.05, 4.69) is 41.2 Å². The zero-order chi connectivity index (χ0) is 10.5. The molecule has 0 radical (unpaired) electrons. The Morgan fingerprint density at radius 2 is 1.73 bits per heavy atom. The summed E-state index contributed by atoms with van der Waals surface area (Å²) in [5.41, 5.74) is 1.24. The quantitative estimate of drug-likeness (QED) is 0.600. The van der Waals surface area contributed by atoms with E-state index in [-0.39, 0.29) is 0 Å². The Morgan fingerprint density at radius 3 is 2.33 bits per heavy atom. The van der Waals surface area contributed by atoms with E-state index in [9.17, 15) is 0 Å². The molecule has 0 aliphatic heterocycles. The summed E-state index contributed by atoms with van der Waals surface area (Å²) in [5.74, 6) is 0. The van der Waals surface area contributed by atoms with E-state index in [4.69, 9.17) is 0 Å². The highest BCUT2D eigenvalue weighted by Gasteiger charge is 2.12. The van der Waals surface area contributed by atoms with E-state index in [1.54, 1.807) is 0 Å². The van der Waals surface area contributed by atoms with Crippen LogP contribution in [-0.2, 0) is 0 Å². The largest absolute Gasteiger partial charge is 0.382 e. The van der Waals surface area contributed by atoms with Crippen LogP contribution in [0.15, 0.2) is 29.2 Å². The van der Waals surface area contributed by atoms with Crippen molar-refractivity contribution in [2.45, 2.75) is 43.0 Å². The first-order chi connectivity index (χ1) is 7.38. The Balaban J connectivity index is 1.91. The van der Waals surface area contributed by atoms with Gasteiger partial charge in [0.25, 0.3) is 0 Å². The maximum absolute atomic E-state index is 4.17. The highest BCUT2D eigenvalue weighted by molar-refractivity contribution is 8.68. The Morgan fingerprint density at radius 1 is 1.07 bits per heavy atom. The summed E-state index contributed by atoms with van der Waals surface area (Å²) in [6.07, 6.45) is 6.81. The molecule has 1 N–H and O–H groups in total. The molecule has 1 aromatic rings. The molecule has 1 nitrogen and oxygen atoms in total. The van der Waals surface area contributed by atoms with Gasteiger partial charge in [-0.15, -0.1) is 11.7 Å². The van der Waals surface area contributed by atoms with Gasteiger partial charge in [-0.05, 0) is 37.1 Å². The van der Waals surface area contributed by atoms with Crippen molar-refractivity contribution in [3.05, 3.63) is 24.3 Å². The minimum atomic E-state index is 0.688. The van der Waals surface area contributed by atoms with E-state index in [1.807, 2.05) is 0 Å². The van der Waals surface area contributed by atoms with Gasteiger partial charge in [0.1, 0.15) is 0 Å². The minimum absolute atomic E-state index is 0.688. The van der Waals surface area contributed by atoms with Crippen molar-refractivity contribution in [2.75, 3.05) is 5.32 Å². The van der Waals surface area contributed by atoms with Crippen LogP contribution in [0, 0.1) is 0 Å². The summed E-state index contributed by atoms with van der Waals surface area (Å²) in [6, 6.07) is 9.21. The first-order valence-electron chi connectivity index (χ1n) is 5.56. The molecule has 3 heteroatoms. The molecule has 0 amide bonds. The summed E-state index contributed by atoms with van der Waals surface area (Å²) in [6.45, 7) is 0. The molecule has 1 aliphatic carbocycles. The summed E-state index contributed by atoms with van der Waals surface area (Å²) >= 11 is 4.17. The van der Waals surface area contributed by atoms with E-state index in [1.165, 1.54) is 53.5 Å². The maximum atomic E-state index is 4.17. The number of rotatable bonds is 3. The Hall–Kier alpha value is -0.280. The van der Waals surface area contributed by atoms with Crippen molar-refractivity contribution in [1.29, 1.82) is 0 Å². The van der Waals surface area contributed by atoms with Gasteiger partial charge in [0.05, 0.1) is 0 Å². The van der Waals surface area contributed by atoms with Crippen LogP contribution >= 0.6 is 22.5 Å². The second-order valence-corrected chi connectivity index (χ2v) is 5.30. The van der Waals surface area contributed by atoms with Gasteiger partial charge in [-0.3, -0.25) is 0 Å². The third-order valence-corrected chi connectivity index (χ3v) is 4.05. The molecule has 1 aliphatic rings. The molecule has 2 rings (SSSR count). The van der Waals surface area contributed by atoms with Crippen LogP contribution in [0.1, 0.15) is 32.1 Å². The first kappa shape index (κ1) is 11.2. The predicted molar refractivity (Wildman–Crippen MR) is 71.8 cm³/mol. The van der Waals surface area contributed by atoms with Gasteiger partial charge in [0.2, 0.25) is 0 Å². The average molecular weight is 239 g/mol. The van der Waals surface area contributed by atoms with Gasteiger partial charge >= 0.3 is 0 Å². The smallest absolute Gasteiger partial charge is 0.0343 e. The van der Waals surface area contributed by atoms with Crippen LogP contribution < -0.4 is 5.32 Å². The lowest BCUT2D eigenvalue weighted by atomic mass is 9.95. The molecule has 0 spiro atoms. The molecular weight excluding hydrogens is 222 g/mol. The van der Waals surface area contributed by atoms with Gasteiger partial charge in [-0.2, -0.15) is 0 Å². The standard InChI is InChI=1S/C12H17NS2/c14-15-12-8-6-11(7-9-12)13-10-4-2-1-3-5-10/h6-10,13-14H,1-5H2. The fourth-order valence-corrected chi connectivity index (χ4v) is 2.72. The van der Waals surface area contributed by atoms with Gasteiger partial charge < -0.3 is 5.32 Å². The zero-order valence-corrected chi connectivity index (χ0v) is 10.5. The molecule has 0 atom stereocenters. The van der Waals surface area contributed by atoms with Gasteiger partial charge in [0.15, 0.2) is 0 Å². The molecule has 1 aromatic carbocycles. The van der Waals surface area contributed by atoms with Crippen molar-refractivity contribution in [2.24, 2.45) is 0 Å². The number of anilines is 1. The SMILES string of the molecule is SSc1ccc(NC2CCCCC2)cc1. The molecular formula is C12H17NS2. The van der Waals surface area contributed by atoms with E-state index in [0.29, 0.717) is 6.04 Å². The first-order valence-corrected chi connectivity index (χ1v) is 7.43. The van der Waals surface area contributed by atoms with Crippen LogP contribution in [0.4, 0.5) is 5.69 Å². The molecule has 0 heterocycles. The van der Waals surface area contributed by atoms with Gasteiger partial charge in [-0.1, -0.05) is 30.1 Å². The number of nitrogens with one attached hydrogen (secondary N) is 1. The topological polar surface area (TPSA) is 12.0 Å². The Bertz CT molecular complexity index is 291. The van der Waals surface area contributed by atoms with Crippen molar-refractivity contribution in [3.63, 3.8) is 0 Å². The number of hydrogen-bond donors (Lipinski definition) is 2. The lowest BCUT2D eigenvalue weighted by Gasteiger charge is -2.23. The number of benzene rings is 1. The normalized spacial score (nSPS) is 17.7. The van der Waals surface area contributed by atoms with Crippen molar-refractivity contribution < 1.29 is 0 Å². The van der Waals surface area contributed by atoms with Crippen molar-refractivity contribution >= 4 is 28.1 Å². The summed E-state index contributed by atoms with van der Waals surface area (Å²) in [5, 5.41) is 3.60. The summed E-state index contributed by atoms with van der Waals surface area (Å²) in [4.78, 5) is 1.20. The molecule has 15 heavy (non-hydrogen) atoms. The maximum Gasteiger partial charge on any atom is 0.0343 e. The van der Waals surface area contributed by atoms with E-state index in [0.717, 1.165) is 0 Å². The van der Waals surface area contributed by atoms with Crippen molar-refractivity contribution in [1.82, 2.24) is 0 Å². The van der Waals surface area contributed by atoms with E-state index < -0.39 is 0 Å². The molecule has 0 bridgehead atoms. The van der Waals surface area contributed by atoms with Crippen LogP contribution in [0.3, 0.4) is 0 Å². The minimum Gasteiger partial charge on any atom is -0.382 e. The van der Waals surface area contributed by atoms with E-state index >= 15 is 0 Å². The van der Waals surface area contributed by atoms with Crippen LogP contribution in [-0.4, -0.2) is 6.04 Å². The highest BCUT2D eigenvalue weighted by atomic mass is 33.1. The third-order valence-electron chi connectivity index (χ3n) is 2.94. The zero-order valence-electron chi connectivity index (χ0n) is 8.78. The third kappa shape index (κ3) is 3.35. The Labute approximate surface area is 101 Å². The van der Waals surface area contributed by atoms with Gasteiger partial charge in [0, 0.05) is 16.6 Å². The second-order valence-electron chi connectivity index (χ2n) is 4.09. The van der Waals surface area contributed by atoms with Gasteiger partial charge in [-0.25, -0.2) is 0 Å². The number of thiol groups is 1. The van der Waals surface area contributed by atoms with Crippen LogP contribution in [0.5, 0.6) is 0 Å². The summed E-state index contributed by atoms with van der Waals surface area (Å²) in [7, 11) is 1.49. The molecule has 0 saturated heterocycles. The fourth-order valence-electron chi connectivity index (χ4n) is 2.09. The molecule has 0 unspecified atom stereocenters. The van der Waals surface area contributed by atoms with Crippen LogP contribution in [0.25, 0.3) is 0 Å². The molecule has 1 fully saturated rings. The lowest BCUT2D eigenvalue weighted by Crippen LogP contribution is -2.21. The lowest BCUT2D eigenvalue weighted by molar-refractivity contribution is 0.463. The average Bonchev–Trinajstić information content (AvgIpc) is 2.31. The Kier molecular flexibility index (Phi) is 4.27.